The Hall–Kier alpha value is -4.18. The molecule has 0 radical (unpaired) electrons. The predicted molar refractivity (Wildman–Crippen MR) is 143 cm³/mol. The van der Waals surface area contributed by atoms with E-state index in [1.807, 2.05) is 55.5 Å². The van der Waals surface area contributed by atoms with Crippen molar-refractivity contribution in [1.29, 1.82) is 0 Å². The molecule has 204 valence electrons. The highest BCUT2D eigenvalue weighted by molar-refractivity contribution is 5.92. The maximum atomic E-state index is 13.2. The number of likely N-dealkylation sites (tertiary alicyclic amines) is 1. The summed E-state index contributed by atoms with van der Waals surface area (Å²) in [7, 11) is 0. The van der Waals surface area contributed by atoms with Crippen molar-refractivity contribution in [3.8, 4) is 11.5 Å². The van der Waals surface area contributed by atoms with Crippen molar-refractivity contribution in [1.82, 2.24) is 25.1 Å². The van der Waals surface area contributed by atoms with Crippen molar-refractivity contribution in [2.45, 2.75) is 45.4 Å². The Labute approximate surface area is 227 Å². The van der Waals surface area contributed by atoms with E-state index in [0.717, 1.165) is 11.1 Å². The Morgan fingerprint density at radius 2 is 1.85 bits per heavy atom. The number of ether oxygens (including phenoxy) is 2. The van der Waals surface area contributed by atoms with Gasteiger partial charge in [0.25, 0.3) is 5.91 Å². The molecule has 4 bridgehead atoms. The van der Waals surface area contributed by atoms with Gasteiger partial charge in [-0.15, -0.1) is 0 Å². The van der Waals surface area contributed by atoms with E-state index in [-0.39, 0.29) is 43.3 Å². The molecule has 2 aromatic carbocycles. The average Bonchev–Trinajstić information content (AvgIpc) is 3.36. The molecule has 1 fully saturated rings. The Morgan fingerprint density at radius 3 is 2.56 bits per heavy atom. The molecule has 3 heterocycles. The molecular formula is C29H33N5O5. The van der Waals surface area contributed by atoms with Gasteiger partial charge >= 0.3 is 0 Å². The zero-order valence-electron chi connectivity index (χ0n) is 22.2. The van der Waals surface area contributed by atoms with Gasteiger partial charge in [0.1, 0.15) is 23.0 Å². The first-order valence-corrected chi connectivity index (χ1v) is 13.2. The van der Waals surface area contributed by atoms with Gasteiger partial charge in [-0.25, -0.2) is 4.98 Å². The number of nitrogens with one attached hydrogen (secondary N) is 2. The van der Waals surface area contributed by atoms with Crippen LogP contribution < -0.4 is 10.1 Å². The summed E-state index contributed by atoms with van der Waals surface area (Å²) < 4.78 is 12.4. The normalized spacial score (nSPS) is 20.5. The van der Waals surface area contributed by atoms with Gasteiger partial charge in [0.2, 0.25) is 11.8 Å². The van der Waals surface area contributed by atoms with Gasteiger partial charge in [-0.1, -0.05) is 24.3 Å². The van der Waals surface area contributed by atoms with Crippen LogP contribution in [0.25, 0.3) is 0 Å². The molecule has 0 spiro atoms. The topological polar surface area (TPSA) is 117 Å². The fraction of sp³-hybridized carbons (Fsp3) is 0.379. The third kappa shape index (κ3) is 6.46. The van der Waals surface area contributed by atoms with Crippen LogP contribution in [0.3, 0.4) is 0 Å². The lowest BCUT2D eigenvalue weighted by molar-refractivity contribution is -0.136. The molecule has 2 atom stereocenters. The average molecular weight is 532 g/mol. The van der Waals surface area contributed by atoms with E-state index in [9.17, 15) is 14.4 Å². The molecule has 10 nitrogen and oxygen atoms in total. The van der Waals surface area contributed by atoms with Crippen molar-refractivity contribution in [3.63, 3.8) is 0 Å². The van der Waals surface area contributed by atoms with E-state index in [0.29, 0.717) is 49.1 Å². The third-order valence-corrected chi connectivity index (χ3v) is 7.04. The number of piperidine rings is 1. The Morgan fingerprint density at radius 1 is 1.10 bits per heavy atom. The zero-order valence-corrected chi connectivity index (χ0v) is 22.2. The van der Waals surface area contributed by atoms with Crippen LogP contribution >= 0.6 is 0 Å². The van der Waals surface area contributed by atoms with Crippen molar-refractivity contribution < 1.29 is 23.9 Å². The lowest BCUT2D eigenvalue weighted by Crippen LogP contribution is -2.58. The molecule has 1 aromatic heterocycles. The quantitative estimate of drug-likeness (QED) is 0.525. The van der Waals surface area contributed by atoms with Crippen LogP contribution in [0.15, 0.2) is 54.7 Å². The second kappa shape index (κ2) is 11.7. The van der Waals surface area contributed by atoms with Gasteiger partial charge in [0.05, 0.1) is 37.9 Å². The van der Waals surface area contributed by atoms with Crippen LogP contribution in [-0.2, 0) is 27.4 Å². The van der Waals surface area contributed by atoms with Gasteiger partial charge in [-0.3, -0.25) is 14.4 Å². The molecule has 39 heavy (non-hydrogen) atoms. The highest BCUT2D eigenvalue weighted by Gasteiger charge is 2.34. The minimum absolute atomic E-state index is 0.0801. The fourth-order valence-electron chi connectivity index (χ4n) is 5.00. The summed E-state index contributed by atoms with van der Waals surface area (Å²) in [5, 5.41) is 3.05. The molecule has 5 rings (SSSR count). The third-order valence-electron chi connectivity index (χ3n) is 7.04. The number of aryl methyl sites for hydroxylation is 1. The molecule has 1 saturated heterocycles. The number of carbonyl (C=O) groups excluding carboxylic acids is 3. The van der Waals surface area contributed by atoms with E-state index in [4.69, 9.17) is 9.47 Å². The molecule has 0 saturated carbocycles. The van der Waals surface area contributed by atoms with E-state index in [2.05, 4.69) is 15.3 Å². The van der Waals surface area contributed by atoms with Crippen molar-refractivity contribution in [2.75, 3.05) is 26.2 Å². The van der Waals surface area contributed by atoms with Crippen LogP contribution in [0.1, 0.15) is 40.8 Å². The maximum absolute atomic E-state index is 13.2. The van der Waals surface area contributed by atoms with Crippen molar-refractivity contribution in [2.24, 2.45) is 0 Å². The number of likely N-dealkylation sites (N-methyl/N-ethyl adjacent to an activating group) is 1. The molecular weight excluding hydrogens is 498 g/mol. The summed E-state index contributed by atoms with van der Waals surface area (Å²) in [6.07, 6.45) is 1.90. The number of aromatic amines is 1. The SMILES string of the molecule is CCN1CC(=O)N[C@H]2CN(C(=O)c3cnc(C)[nH]3)CC[C@@H]2OCc2cccc(c2)Oc2cccc(c2)CC1=O. The monoisotopic (exact) mass is 531 g/mol. The molecule has 3 aromatic rings. The first-order valence-electron chi connectivity index (χ1n) is 13.2. The van der Waals surface area contributed by atoms with Gasteiger partial charge in [-0.05, 0) is 55.7 Å². The molecule has 10 heteroatoms. The molecule has 2 aliphatic heterocycles. The number of benzene rings is 2. The summed E-state index contributed by atoms with van der Waals surface area (Å²) >= 11 is 0. The lowest BCUT2D eigenvalue weighted by atomic mass is 10.0. The highest BCUT2D eigenvalue weighted by Crippen LogP contribution is 2.25. The second-order valence-electron chi connectivity index (χ2n) is 9.93. The summed E-state index contributed by atoms with van der Waals surface area (Å²) in [6, 6.07) is 14.6. The summed E-state index contributed by atoms with van der Waals surface area (Å²) in [4.78, 5) is 49.7. The summed E-state index contributed by atoms with van der Waals surface area (Å²) in [6.45, 7) is 5.03. The Bertz CT molecular complexity index is 1360. The smallest absolute Gasteiger partial charge is 0.271 e. The number of imidazole rings is 1. The number of fused-ring (bicyclic) bond motifs is 5. The minimum Gasteiger partial charge on any atom is -0.457 e. The largest absolute Gasteiger partial charge is 0.457 e. The number of hydrogen-bond donors (Lipinski definition) is 2. The minimum atomic E-state index is -0.446. The number of aromatic nitrogens is 2. The van der Waals surface area contributed by atoms with Gasteiger partial charge < -0.3 is 29.6 Å². The van der Waals surface area contributed by atoms with Crippen LogP contribution in [0, 0.1) is 6.92 Å². The van der Waals surface area contributed by atoms with E-state index >= 15 is 0 Å². The highest BCUT2D eigenvalue weighted by atomic mass is 16.5. The van der Waals surface area contributed by atoms with E-state index in [1.165, 1.54) is 11.1 Å². The molecule has 2 N–H and O–H groups in total. The number of H-pyrrole nitrogens is 1. The number of hydrogen-bond acceptors (Lipinski definition) is 6. The van der Waals surface area contributed by atoms with Crippen LogP contribution in [0.2, 0.25) is 0 Å². The second-order valence-corrected chi connectivity index (χ2v) is 9.93. The number of carbonyl (C=O) groups is 3. The zero-order chi connectivity index (χ0) is 27.4. The number of amides is 3. The van der Waals surface area contributed by atoms with Gasteiger partial charge in [-0.2, -0.15) is 0 Å². The molecule has 2 aliphatic rings. The van der Waals surface area contributed by atoms with Gasteiger partial charge in [0, 0.05) is 19.6 Å². The number of rotatable bonds is 2. The lowest BCUT2D eigenvalue weighted by Gasteiger charge is -2.39. The van der Waals surface area contributed by atoms with Crippen LogP contribution in [0.5, 0.6) is 11.5 Å². The molecule has 0 unspecified atom stereocenters. The molecule has 3 amide bonds. The molecule has 0 aliphatic carbocycles. The fourth-order valence-corrected chi connectivity index (χ4v) is 5.00. The Balaban J connectivity index is 1.40. The Kier molecular flexibility index (Phi) is 7.92. The first kappa shape index (κ1) is 26.4. The van der Waals surface area contributed by atoms with E-state index in [1.54, 1.807) is 11.8 Å². The van der Waals surface area contributed by atoms with Crippen molar-refractivity contribution in [3.05, 3.63) is 77.4 Å². The van der Waals surface area contributed by atoms with E-state index < -0.39 is 6.04 Å². The summed E-state index contributed by atoms with van der Waals surface area (Å²) in [5.41, 5.74) is 2.14. The standard InChI is InChI=1S/C29H33N5O5/c1-3-33-17-27(35)32-25-16-34(29(37)24-15-30-19(2)31-24)11-10-26(25)38-18-21-7-5-9-23(13-21)39-22-8-4-6-20(12-22)14-28(33)36/h4-9,12-13,15,25-26H,3,10-11,14,16-18H2,1-2H3,(H,30,31)(H,32,35)/t25-,26-/m0/s1. The first-order chi connectivity index (χ1) is 18.9. The number of nitrogens with zero attached hydrogens (tertiary/aromatic N) is 3. The van der Waals surface area contributed by atoms with Crippen LogP contribution in [-0.4, -0.2) is 75.8 Å². The summed E-state index contributed by atoms with van der Waals surface area (Å²) in [5.74, 6) is 1.33. The predicted octanol–water partition coefficient (Wildman–Crippen LogP) is 2.83. The van der Waals surface area contributed by atoms with Crippen LogP contribution in [0.4, 0.5) is 0 Å². The van der Waals surface area contributed by atoms with Gasteiger partial charge in [0.15, 0.2) is 0 Å². The van der Waals surface area contributed by atoms with Crippen molar-refractivity contribution >= 4 is 17.7 Å². The maximum Gasteiger partial charge on any atom is 0.271 e.